The van der Waals surface area contributed by atoms with E-state index in [1.807, 2.05) is 0 Å². The molecule has 0 aliphatic carbocycles. The molecular formula is C12H9ClFN3O. The molecule has 0 aliphatic rings. The standard InChI is InChI=1S/C12H9ClFN3O/c13-10-6-16-11(7-15-10)17-12(18)5-8-3-1-2-4-9(8)14/h1-4,6-7H,5H2,(H,16,17,18). The summed E-state index contributed by atoms with van der Waals surface area (Å²) in [4.78, 5) is 19.3. The first-order valence-corrected chi connectivity index (χ1v) is 5.54. The van der Waals surface area contributed by atoms with Gasteiger partial charge in [-0.3, -0.25) is 4.79 Å². The summed E-state index contributed by atoms with van der Waals surface area (Å²) in [6, 6.07) is 6.11. The van der Waals surface area contributed by atoms with E-state index in [9.17, 15) is 9.18 Å². The minimum absolute atomic E-state index is 0.0586. The van der Waals surface area contributed by atoms with Crippen LogP contribution in [0.25, 0.3) is 0 Å². The van der Waals surface area contributed by atoms with E-state index in [4.69, 9.17) is 11.6 Å². The summed E-state index contributed by atoms with van der Waals surface area (Å²) in [5, 5.41) is 2.75. The van der Waals surface area contributed by atoms with Gasteiger partial charge in [0.1, 0.15) is 11.0 Å². The van der Waals surface area contributed by atoms with Gasteiger partial charge < -0.3 is 5.32 Å². The summed E-state index contributed by atoms with van der Waals surface area (Å²) in [5.74, 6) is -0.493. The summed E-state index contributed by atoms with van der Waals surface area (Å²) < 4.78 is 13.3. The second-order valence-electron chi connectivity index (χ2n) is 3.54. The molecule has 0 saturated carbocycles. The molecule has 92 valence electrons. The molecule has 0 unspecified atom stereocenters. The molecule has 1 amide bonds. The number of nitrogens with one attached hydrogen (secondary N) is 1. The van der Waals surface area contributed by atoms with Gasteiger partial charge in [0.05, 0.1) is 18.8 Å². The first kappa shape index (κ1) is 12.4. The van der Waals surface area contributed by atoms with E-state index in [1.165, 1.54) is 18.5 Å². The van der Waals surface area contributed by atoms with Crippen molar-refractivity contribution in [3.63, 3.8) is 0 Å². The highest BCUT2D eigenvalue weighted by Gasteiger charge is 2.08. The summed E-state index contributed by atoms with van der Waals surface area (Å²) in [5.41, 5.74) is 0.330. The van der Waals surface area contributed by atoms with Crippen molar-refractivity contribution >= 4 is 23.3 Å². The van der Waals surface area contributed by atoms with Gasteiger partial charge in [-0.15, -0.1) is 0 Å². The Labute approximate surface area is 108 Å². The van der Waals surface area contributed by atoms with Crippen LogP contribution >= 0.6 is 11.6 Å². The molecule has 0 fully saturated rings. The molecular weight excluding hydrogens is 257 g/mol. The average Bonchev–Trinajstić information content (AvgIpc) is 2.35. The van der Waals surface area contributed by atoms with Crippen molar-refractivity contribution in [1.82, 2.24) is 9.97 Å². The molecule has 1 heterocycles. The fourth-order valence-electron chi connectivity index (χ4n) is 1.38. The van der Waals surface area contributed by atoms with Gasteiger partial charge in [0.25, 0.3) is 0 Å². The third-order valence-electron chi connectivity index (χ3n) is 2.20. The van der Waals surface area contributed by atoms with Crippen LogP contribution in [0, 0.1) is 5.82 Å². The number of hydrogen-bond acceptors (Lipinski definition) is 3. The Morgan fingerprint density at radius 2 is 2.06 bits per heavy atom. The molecule has 0 radical (unpaired) electrons. The van der Waals surface area contributed by atoms with Crippen molar-refractivity contribution in [3.8, 4) is 0 Å². The van der Waals surface area contributed by atoms with Crippen LogP contribution in [-0.2, 0) is 11.2 Å². The van der Waals surface area contributed by atoms with Gasteiger partial charge in [-0.25, -0.2) is 14.4 Å². The zero-order chi connectivity index (χ0) is 13.0. The van der Waals surface area contributed by atoms with Gasteiger partial charge in [-0.05, 0) is 11.6 Å². The normalized spacial score (nSPS) is 10.1. The lowest BCUT2D eigenvalue weighted by Crippen LogP contribution is -2.16. The maximum absolute atomic E-state index is 13.3. The van der Waals surface area contributed by atoms with Crippen LogP contribution in [0.2, 0.25) is 5.15 Å². The molecule has 6 heteroatoms. The van der Waals surface area contributed by atoms with E-state index in [0.717, 1.165) is 0 Å². The fraction of sp³-hybridized carbons (Fsp3) is 0.0833. The van der Waals surface area contributed by atoms with Crippen LogP contribution in [0.3, 0.4) is 0 Å². The van der Waals surface area contributed by atoms with Crippen LogP contribution in [0.15, 0.2) is 36.7 Å². The number of benzene rings is 1. The lowest BCUT2D eigenvalue weighted by Gasteiger charge is -2.04. The SMILES string of the molecule is O=C(Cc1ccccc1F)Nc1cnc(Cl)cn1. The number of hydrogen-bond donors (Lipinski definition) is 1. The smallest absolute Gasteiger partial charge is 0.230 e. The predicted molar refractivity (Wildman–Crippen MR) is 65.8 cm³/mol. The van der Waals surface area contributed by atoms with Crippen LogP contribution < -0.4 is 5.32 Å². The zero-order valence-corrected chi connectivity index (χ0v) is 9.99. The third-order valence-corrected chi connectivity index (χ3v) is 2.39. The quantitative estimate of drug-likeness (QED) is 0.927. The third kappa shape index (κ3) is 3.24. The van der Waals surface area contributed by atoms with Gasteiger partial charge in [0.2, 0.25) is 5.91 Å². The van der Waals surface area contributed by atoms with Crippen molar-refractivity contribution in [3.05, 3.63) is 53.2 Å². The first-order chi connectivity index (χ1) is 8.65. The Kier molecular flexibility index (Phi) is 3.84. The summed E-state index contributed by atoms with van der Waals surface area (Å²) >= 11 is 5.56. The Morgan fingerprint density at radius 3 is 2.72 bits per heavy atom. The van der Waals surface area contributed by atoms with Gasteiger partial charge >= 0.3 is 0 Å². The lowest BCUT2D eigenvalue weighted by atomic mass is 10.1. The number of halogens is 2. The number of amides is 1. The second-order valence-corrected chi connectivity index (χ2v) is 3.93. The number of carbonyl (C=O) groups is 1. The molecule has 0 saturated heterocycles. The highest BCUT2D eigenvalue weighted by Crippen LogP contribution is 2.09. The van der Waals surface area contributed by atoms with E-state index in [2.05, 4.69) is 15.3 Å². The second kappa shape index (κ2) is 5.55. The van der Waals surface area contributed by atoms with Gasteiger partial charge in [-0.1, -0.05) is 29.8 Å². The van der Waals surface area contributed by atoms with Crippen molar-refractivity contribution < 1.29 is 9.18 Å². The van der Waals surface area contributed by atoms with Crippen LogP contribution in [-0.4, -0.2) is 15.9 Å². The van der Waals surface area contributed by atoms with Crippen molar-refractivity contribution in [2.45, 2.75) is 6.42 Å². The maximum atomic E-state index is 13.3. The Hall–Kier alpha value is -2.01. The van der Waals surface area contributed by atoms with Crippen LogP contribution in [0.1, 0.15) is 5.56 Å². The molecule has 1 N–H and O–H groups in total. The van der Waals surface area contributed by atoms with E-state index >= 15 is 0 Å². The average molecular weight is 266 g/mol. The molecule has 18 heavy (non-hydrogen) atoms. The highest BCUT2D eigenvalue weighted by molar-refractivity contribution is 6.29. The van der Waals surface area contributed by atoms with Crippen molar-refractivity contribution in [1.29, 1.82) is 0 Å². The van der Waals surface area contributed by atoms with E-state index in [0.29, 0.717) is 5.56 Å². The molecule has 4 nitrogen and oxygen atoms in total. The molecule has 1 aromatic carbocycles. The highest BCUT2D eigenvalue weighted by atomic mass is 35.5. The number of anilines is 1. The van der Waals surface area contributed by atoms with Crippen molar-refractivity contribution in [2.24, 2.45) is 0 Å². The Balaban J connectivity index is 2.01. The Morgan fingerprint density at radius 1 is 1.28 bits per heavy atom. The molecule has 0 spiro atoms. The first-order valence-electron chi connectivity index (χ1n) is 5.16. The number of carbonyl (C=O) groups excluding carboxylic acids is 1. The van der Waals surface area contributed by atoms with Gasteiger partial charge in [0.15, 0.2) is 5.82 Å². The lowest BCUT2D eigenvalue weighted by molar-refractivity contribution is -0.115. The largest absolute Gasteiger partial charge is 0.309 e. The topological polar surface area (TPSA) is 54.9 Å². The summed E-state index contributed by atoms with van der Waals surface area (Å²) in [6.45, 7) is 0. The summed E-state index contributed by atoms with van der Waals surface area (Å²) in [6.07, 6.45) is 2.60. The predicted octanol–water partition coefficient (Wildman–Crippen LogP) is 2.45. The molecule has 2 aromatic rings. The van der Waals surface area contributed by atoms with E-state index in [1.54, 1.807) is 18.2 Å². The van der Waals surface area contributed by atoms with Crippen LogP contribution in [0.5, 0.6) is 0 Å². The Bertz CT molecular complexity index is 560. The van der Waals surface area contributed by atoms with E-state index in [-0.39, 0.29) is 23.3 Å². The zero-order valence-electron chi connectivity index (χ0n) is 9.23. The summed E-state index contributed by atoms with van der Waals surface area (Å²) in [7, 11) is 0. The van der Waals surface area contributed by atoms with E-state index < -0.39 is 5.82 Å². The van der Waals surface area contributed by atoms with Gasteiger partial charge in [0, 0.05) is 0 Å². The molecule has 0 bridgehead atoms. The molecule has 2 rings (SSSR count). The monoisotopic (exact) mass is 265 g/mol. The number of nitrogens with zero attached hydrogens (tertiary/aromatic N) is 2. The maximum Gasteiger partial charge on any atom is 0.230 e. The molecule has 0 atom stereocenters. The van der Waals surface area contributed by atoms with Crippen LogP contribution in [0.4, 0.5) is 10.2 Å². The van der Waals surface area contributed by atoms with Crippen molar-refractivity contribution in [2.75, 3.05) is 5.32 Å². The minimum atomic E-state index is -0.408. The molecule has 1 aromatic heterocycles. The van der Waals surface area contributed by atoms with Gasteiger partial charge in [-0.2, -0.15) is 0 Å². The number of aromatic nitrogens is 2. The minimum Gasteiger partial charge on any atom is -0.309 e. The fourth-order valence-corrected chi connectivity index (χ4v) is 1.48. The number of rotatable bonds is 3. The molecule has 0 aliphatic heterocycles.